The van der Waals surface area contributed by atoms with E-state index >= 15 is 0 Å². The minimum atomic E-state index is -4.78. The van der Waals surface area contributed by atoms with Crippen LogP contribution in [0.25, 0.3) is 0 Å². The molecular weight excluding hydrogens is 235 g/mol. The summed E-state index contributed by atoms with van der Waals surface area (Å²) in [5.41, 5.74) is 1.09. The van der Waals surface area contributed by atoms with Crippen LogP contribution in [0.2, 0.25) is 0 Å². The first kappa shape index (κ1) is 14.6. The predicted molar refractivity (Wildman–Crippen MR) is 73.4 cm³/mol. The van der Waals surface area contributed by atoms with Gasteiger partial charge in [-0.25, -0.2) is 0 Å². The van der Waals surface area contributed by atoms with Crippen LogP contribution in [0.1, 0.15) is 31.9 Å². The van der Waals surface area contributed by atoms with Crippen molar-refractivity contribution in [3.8, 4) is 0 Å². The van der Waals surface area contributed by atoms with Gasteiger partial charge in [0.1, 0.15) is 0 Å². The molecule has 3 nitrogen and oxygen atoms in total. The van der Waals surface area contributed by atoms with Crippen molar-refractivity contribution in [2.24, 2.45) is 5.41 Å². The van der Waals surface area contributed by atoms with Gasteiger partial charge in [-0.2, -0.15) is 0 Å². The van der Waals surface area contributed by atoms with Crippen LogP contribution in [0.5, 0.6) is 0 Å². The molecule has 0 heterocycles. The summed E-state index contributed by atoms with van der Waals surface area (Å²) in [5, 5.41) is 0.313. The molecule has 98 valence electrons. The molecule has 0 fully saturated rings. The summed E-state index contributed by atoms with van der Waals surface area (Å²) in [5.74, 6) is 0. The maximum atomic E-state index is 10.4. The van der Waals surface area contributed by atoms with Crippen LogP contribution in [-0.4, -0.2) is 20.8 Å². The van der Waals surface area contributed by atoms with Crippen LogP contribution in [0, 0.1) is 19.3 Å². The van der Waals surface area contributed by atoms with Crippen LogP contribution < -0.4 is 5.30 Å². The minimum absolute atomic E-state index is 0.0235. The van der Waals surface area contributed by atoms with E-state index in [0.29, 0.717) is 5.30 Å². The van der Waals surface area contributed by atoms with Crippen molar-refractivity contribution in [3.05, 3.63) is 29.3 Å². The van der Waals surface area contributed by atoms with E-state index < -0.39 is 7.28 Å². The topological polar surface area (TPSA) is 60.7 Å². The third-order valence-corrected chi connectivity index (χ3v) is 5.82. The van der Waals surface area contributed by atoms with E-state index in [0.717, 1.165) is 11.1 Å². The Hall–Kier alpha value is -0.470. The SMILES string of the molecule is Cc1cccc(C)c1P(O)(O)(O)CC(C)(C)C. The number of aryl methyl sites for hydroxylation is 2. The molecular formula is C13H23O3P. The Bertz CT molecular complexity index is 404. The fourth-order valence-corrected chi connectivity index (χ4v) is 5.98. The van der Waals surface area contributed by atoms with Gasteiger partial charge in [0, 0.05) is 0 Å². The summed E-state index contributed by atoms with van der Waals surface area (Å²) in [6, 6.07) is 5.42. The van der Waals surface area contributed by atoms with E-state index in [-0.39, 0.29) is 11.6 Å². The van der Waals surface area contributed by atoms with Crippen LogP contribution in [0.3, 0.4) is 0 Å². The zero-order chi connectivity index (χ0) is 13.5. The second-order valence-electron chi connectivity index (χ2n) is 6.11. The van der Waals surface area contributed by atoms with Gasteiger partial charge in [-0.05, 0) is 0 Å². The van der Waals surface area contributed by atoms with Crippen LogP contribution in [-0.2, 0) is 0 Å². The molecule has 1 aromatic rings. The molecule has 0 unspecified atom stereocenters. The molecule has 0 radical (unpaired) electrons. The monoisotopic (exact) mass is 258 g/mol. The second-order valence-corrected chi connectivity index (χ2v) is 9.17. The van der Waals surface area contributed by atoms with Crippen LogP contribution >= 0.6 is 7.28 Å². The molecule has 0 amide bonds. The molecule has 17 heavy (non-hydrogen) atoms. The Morgan fingerprint density at radius 1 is 1.00 bits per heavy atom. The number of hydrogen-bond donors (Lipinski definition) is 3. The third kappa shape index (κ3) is 3.49. The number of rotatable bonds is 2. The van der Waals surface area contributed by atoms with Crippen LogP contribution in [0.4, 0.5) is 0 Å². The Morgan fingerprint density at radius 3 is 1.76 bits per heavy atom. The van der Waals surface area contributed by atoms with Gasteiger partial charge < -0.3 is 0 Å². The summed E-state index contributed by atoms with van der Waals surface area (Å²) < 4.78 is 0. The first-order valence-electron chi connectivity index (χ1n) is 5.74. The van der Waals surface area contributed by atoms with E-state index in [4.69, 9.17) is 0 Å². The average Bonchev–Trinajstić information content (AvgIpc) is 1.95. The molecule has 0 atom stereocenters. The van der Waals surface area contributed by atoms with E-state index in [1.807, 2.05) is 26.8 Å². The van der Waals surface area contributed by atoms with Gasteiger partial charge in [0.05, 0.1) is 0 Å². The van der Waals surface area contributed by atoms with Crippen molar-refractivity contribution in [1.29, 1.82) is 0 Å². The van der Waals surface area contributed by atoms with Gasteiger partial charge in [-0.3, -0.25) is 0 Å². The van der Waals surface area contributed by atoms with Crippen molar-refractivity contribution in [2.45, 2.75) is 34.6 Å². The second kappa shape index (κ2) is 4.03. The summed E-state index contributed by atoms with van der Waals surface area (Å²) in [6.45, 7) is 9.21. The molecule has 0 aliphatic heterocycles. The molecule has 0 spiro atoms. The zero-order valence-corrected chi connectivity index (χ0v) is 12.1. The quantitative estimate of drug-likeness (QED) is 0.713. The molecule has 1 aromatic carbocycles. The molecule has 0 bridgehead atoms. The zero-order valence-electron chi connectivity index (χ0n) is 11.2. The van der Waals surface area contributed by atoms with Gasteiger partial charge in [0.25, 0.3) is 0 Å². The van der Waals surface area contributed by atoms with Crippen molar-refractivity contribution >= 4 is 12.6 Å². The fourth-order valence-electron chi connectivity index (χ4n) is 2.48. The van der Waals surface area contributed by atoms with Crippen molar-refractivity contribution in [2.75, 3.05) is 6.16 Å². The molecule has 1 rings (SSSR count). The summed E-state index contributed by atoms with van der Waals surface area (Å²) in [6.07, 6.45) is -0.0235. The molecule has 4 heteroatoms. The normalized spacial score (nSPS) is 15.4. The van der Waals surface area contributed by atoms with Crippen molar-refractivity contribution < 1.29 is 14.7 Å². The number of hydrogen-bond acceptors (Lipinski definition) is 3. The van der Waals surface area contributed by atoms with E-state index in [9.17, 15) is 14.7 Å². The molecule has 0 aromatic heterocycles. The number of benzene rings is 1. The van der Waals surface area contributed by atoms with Gasteiger partial charge >= 0.3 is 103 Å². The molecule has 0 saturated heterocycles. The first-order valence-corrected chi connectivity index (χ1v) is 8.02. The van der Waals surface area contributed by atoms with Crippen molar-refractivity contribution in [3.63, 3.8) is 0 Å². The Labute approximate surface area is 103 Å². The molecule has 0 aliphatic rings. The Kier molecular flexibility index (Phi) is 3.46. The average molecular weight is 258 g/mol. The summed E-state index contributed by atoms with van der Waals surface area (Å²) >= 11 is 0. The van der Waals surface area contributed by atoms with Gasteiger partial charge in [0.15, 0.2) is 0 Å². The van der Waals surface area contributed by atoms with E-state index in [2.05, 4.69) is 0 Å². The Balaban J connectivity index is 3.38. The summed E-state index contributed by atoms with van der Waals surface area (Å²) in [7, 11) is -4.78. The summed E-state index contributed by atoms with van der Waals surface area (Å²) in [4.78, 5) is 31.2. The van der Waals surface area contributed by atoms with Crippen molar-refractivity contribution in [1.82, 2.24) is 0 Å². The molecule has 0 saturated carbocycles. The first-order chi connectivity index (χ1) is 7.41. The Morgan fingerprint density at radius 2 is 1.41 bits per heavy atom. The van der Waals surface area contributed by atoms with Gasteiger partial charge in [0.2, 0.25) is 0 Å². The van der Waals surface area contributed by atoms with Gasteiger partial charge in [-0.1, -0.05) is 0 Å². The third-order valence-electron chi connectivity index (χ3n) is 2.66. The van der Waals surface area contributed by atoms with Crippen LogP contribution in [0.15, 0.2) is 18.2 Å². The maximum absolute atomic E-state index is 10.4. The standard InChI is InChI=1S/C13H23O3P/c1-10-7-6-8-11(2)12(10)17(14,15,16)9-13(3,4)5/h6-8,14-16H,9H2,1-5H3. The van der Waals surface area contributed by atoms with Gasteiger partial charge in [-0.15, -0.1) is 0 Å². The van der Waals surface area contributed by atoms with E-state index in [1.54, 1.807) is 26.0 Å². The predicted octanol–water partition coefficient (Wildman–Crippen LogP) is 2.25. The molecule has 3 N–H and O–H groups in total. The fraction of sp³-hybridized carbons (Fsp3) is 0.538. The molecule has 0 aliphatic carbocycles. The van der Waals surface area contributed by atoms with E-state index in [1.165, 1.54) is 0 Å².